The average molecular weight is 292 g/mol. The topological polar surface area (TPSA) is 55.4 Å². The highest BCUT2D eigenvalue weighted by atomic mass is 35.5. The van der Waals surface area contributed by atoms with Gasteiger partial charge in [0.2, 0.25) is 10.0 Å². The molecule has 0 spiro atoms. The van der Waals surface area contributed by atoms with Crippen LogP contribution in [-0.2, 0) is 10.0 Å². The molecule has 0 atom stereocenters. The second-order valence-corrected chi connectivity index (χ2v) is 6.23. The summed E-state index contributed by atoms with van der Waals surface area (Å²) in [5.41, 5.74) is 0. The number of sulfonamides is 1. The van der Waals surface area contributed by atoms with Crippen LogP contribution in [0.5, 0.6) is 5.75 Å². The molecule has 0 heterocycles. The zero-order valence-electron chi connectivity index (χ0n) is 10.5. The van der Waals surface area contributed by atoms with E-state index in [1.165, 1.54) is 12.1 Å². The Kier molecular flexibility index (Phi) is 5.91. The minimum atomic E-state index is -3.43. The number of alkyl halides is 1. The van der Waals surface area contributed by atoms with Crippen molar-refractivity contribution < 1.29 is 13.2 Å². The fourth-order valence-corrected chi connectivity index (χ4v) is 2.70. The third kappa shape index (κ3) is 4.84. The van der Waals surface area contributed by atoms with Gasteiger partial charge in [-0.2, -0.15) is 0 Å². The molecule has 102 valence electrons. The first-order chi connectivity index (χ1) is 8.45. The van der Waals surface area contributed by atoms with E-state index in [-0.39, 0.29) is 10.9 Å². The van der Waals surface area contributed by atoms with Gasteiger partial charge in [-0.3, -0.25) is 0 Å². The van der Waals surface area contributed by atoms with Gasteiger partial charge in [-0.15, -0.1) is 11.6 Å². The Morgan fingerprint density at radius 1 is 1.28 bits per heavy atom. The molecule has 0 fully saturated rings. The van der Waals surface area contributed by atoms with Crippen molar-refractivity contribution >= 4 is 21.6 Å². The number of rotatable bonds is 7. The summed E-state index contributed by atoms with van der Waals surface area (Å²) in [6.45, 7) is 4.09. The van der Waals surface area contributed by atoms with Gasteiger partial charge < -0.3 is 4.74 Å². The molecule has 0 aliphatic rings. The van der Waals surface area contributed by atoms with Crippen LogP contribution in [0.15, 0.2) is 29.2 Å². The van der Waals surface area contributed by atoms with E-state index in [2.05, 4.69) is 4.72 Å². The quantitative estimate of drug-likeness (QED) is 0.620. The first kappa shape index (κ1) is 15.3. The Hall–Kier alpha value is -0.780. The fraction of sp³-hybridized carbons (Fsp3) is 0.500. The molecule has 18 heavy (non-hydrogen) atoms. The maximum absolute atomic E-state index is 11.8. The van der Waals surface area contributed by atoms with E-state index >= 15 is 0 Å². The number of ether oxygens (including phenoxy) is 1. The summed E-state index contributed by atoms with van der Waals surface area (Å²) in [6, 6.07) is 6.21. The average Bonchev–Trinajstić information content (AvgIpc) is 2.28. The van der Waals surface area contributed by atoms with Crippen molar-refractivity contribution in [1.82, 2.24) is 4.72 Å². The van der Waals surface area contributed by atoms with Crippen LogP contribution >= 0.6 is 11.6 Å². The number of hydrogen-bond acceptors (Lipinski definition) is 3. The van der Waals surface area contributed by atoms with E-state index in [1.54, 1.807) is 26.0 Å². The molecule has 4 nitrogen and oxygen atoms in total. The Labute approximate surface area is 113 Å². The number of benzene rings is 1. The molecular formula is C12H18ClNO3S. The van der Waals surface area contributed by atoms with Crippen LogP contribution in [0.2, 0.25) is 0 Å². The minimum absolute atomic E-state index is 0.130. The summed E-state index contributed by atoms with van der Waals surface area (Å²) in [7, 11) is -3.43. The molecule has 6 heteroatoms. The van der Waals surface area contributed by atoms with Crippen LogP contribution in [0.1, 0.15) is 20.3 Å². The normalized spacial score (nSPS) is 11.8. The first-order valence-corrected chi connectivity index (χ1v) is 7.78. The monoisotopic (exact) mass is 291 g/mol. The summed E-state index contributed by atoms with van der Waals surface area (Å²) in [6.07, 6.45) is 0.760. The maximum atomic E-state index is 11.8. The van der Waals surface area contributed by atoms with E-state index in [1.807, 2.05) is 0 Å². The van der Waals surface area contributed by atoms with Crippen LogP contribution in [0.4, 0.5) is 0 Å². The highest BCUT2D eigenvalue weighted by Crippen LogP contribution is 2.16. The van der Waals surface area contributed by atoms with Crippen molar-refractivity contribution in [3.63, 3.8) is 0 Å². The van der Waals surface area contributed by atoms with Gasteiger partial charge in [0.1, 0.15) is 5.75 Å². The third-order valence-corrected chi connectivity index (χ3v) is 4.01. The van der Waals surface area contributed by atoms with Crippen molar-refractivity contribution in [2.75, 3.05) is 12.5 Å². The molecule has 0 saturated carbocycles. The Morgan fingerprint density at radius 3 is 2.39 bits per heavy atom. The molecule has 1 rings (SSSR count). The first-order valence-electron chi connectivity index (χ1n) is 5.77. The highest BCUT2D eigenvalue weighted by molar-refractivity contribution is 7.89. The molecule has 1 N–H and O–H groups in total. The summed E-state index contributed by atoms with van der Waals surface area (Å²) < 4.78 is 31.6. The molecule has 0 aromatic heterocycles. The largest absolute Gasteiger partial charge is 0.494 e. The summed E-state index contributed by atoms with van der Waals surface area (Å²) in [5, 5.41) is 0. The molecule has 0 aliphatic heterocycles. The maximum Gasteiger partial charge on any atom is 0.240 e. The number of halogens is 1. The molecule has 0 unspecified atom stereocenters. The summed E-state index contributed by atoms with van der Waals surface area (Å²) in [4.78, 5) is 0.237. The van der Waals surface area contributed by atoms with Gasteiger partial charge in [-0.05, 0) is 44.5 Å². The van der Waals surface area contributed by atoms with Gasteiger partial charge in [0.15, 0.2) is 0 Å². The summed E-state index contributed by atoms with van der Waals surface area (Å²) in [5.74, 6) is 1.19. The Morgan fingerprint density at radius 2 is 1.89 bits per heavy atom. The fourth-order valence-electron chi connectivity index (χ4n) is 1.34. The highest BCUT2D eigenvalue weighted by Gasteiger charge is 2.14. The molecule has 0 saturated heterocycles. The van der Waals surface area contributed by atoms with Crippen LogP contribution in [0.25, 0.3) is 0 Å². The second kappa shape index (κ2) is 6.97. The van der Waals surface area contributed by atoms with Crippen molar-refractivity contribution in [2.45, 2.75) is 31.2 Å². The van der Waals surface area contributed by atoms with E-state index < -0.39 is 10.0 Å². The van der Waals surface area contributed by atoms with Crippen LogP contribution < -0.4 is 9.46 Å². The molecule has 0 amide bonds. The van der Waals surface area contributed by atoms with Gasteiger partial charge in [0.05, 0.1) is 11.5 Å². The van der Waals surface area contributed by atoms with E-state index in [0.29, 0.717) is 18.2 Å². The van der Waals surface area contributed by atoms with E-state index in [0.717, 1.165) is 6.42 Å². The van der Waals surface area contributed by atoms with Crippen molar-refractivity contribution in [2.24, 2.45) is 0 Å². The van der Waals surface area contributed by atoms with Gasteiger partial charge in [0, 0.05) is 11.9 Å². The lowest BCUT2D eigenvalue weighted by molar-refractivity contribution is 0.318. The van der Waals surface area contributed by atoms with Gasteiger partial charge in [-0.1, -0.05) is 0 Å². The predicted octanol–water partition coefficient (Wildman–Crippen LogP) is 2.38. The van der Waals surface area contributed by atoms with Gasteiger partial charge in [-0.25, -0.2) is 13.1 Å². The van der Waals surface area contributed by atoms with Gasteiger partial charge in [0.25, 0.3) is 0 Å². The lowest BCUT2D eigenvalue weighted by atomic mass is 10.3. The molecule has 0 bridgehead atoms. The second-order valence-electron chi connectivity index (χ2n) is 4.14. The zero-order chi connectivity index (χ0) is 13.6. The summed E-state index contributed by atoms with van der Waals surface area (Å²) >= 11 is 5.53. The van der Waals surface area contributed by atoms with Crippen molar-refractivity contribution in [3.8, 4) is 5.75 Å². The van der Waals surface area contributed by atoms with Crippen LogP contribution in [-0.4, -0.2) is 26.9 Å². The van der Waals surface area contributed by atoms with Crippen LogP contribution in [0, 0.1) is 0 Å². The third-order valence-electron chi connectivity index (χ3n) is 2.07. The molecule has 0 radical (unpaired) electrons. The predicted molar refractivity (Wildman–Crippen MR) is 72.7 cm³/mol. The smallest absolute Gasteiger partial charge is 0.240 e. The number of nitrogens with one attached hydrogen (secondary N) is 1. The molecule has 1 aromatic rings. The molecule has 1 aromatic carbocycles. The standard InChI is InChI=1S/C12H18ClNO3S/c1-10(2)14-18(15,16)12-6-4-11(5-7-12)17-9-3-8-13/h4-7,10,14H,3,8-9H2,1-2H3. The lowest BCUT2D eigenvalue weighted by Crippen LogP contribution is -2.30. The lowest BCUT2D eigenvalue weighted by Gasteiger charge is -2.10. The number of hydrogen-bond donors (Lipinski definition) is 1. The zero-order valence-corrected chi connectivity index (χ0v) is 12.1. The van der Waals surface area contributed by atoms with E-state index in [4.69, 9.17) is 16.3 Å². The minimum Gasteiger partial charge on any atom is -0.494 e. The Bertz CT molecular complexity index is 457. The van der Waals surface area contributed by atoms with Gasteiger partial charge >= 0.3 is 0 Å². The Balaban J connectivity index is 2.70. The molecular weight excluding hydrogens is 274 g/mol. The van der Waals surface area contributed by atoms with Crippen molar-refractivity contribution in [1.29, 1.82) is 0 Å². The SMILES string of the molecule is CC(C)NS(=O)(=O)c1ccc(OCCCCl)cc1. The van der Waals surface area contributed by atoms with Crippen molar-refractivity contribution in [3.05, 3.63) is 24.3 Å². The van der Waals surface area contributed by atoms with E-state index in [9.17, 15) is 8.42 Å². The molecule has 0 aliphatic carbocycles. The van der Waals surface area contributed by atoms with Crippen LogP contribution in [0.3, 0.4) is 0 Å².